The SMILES string of the molecule is O=c1cc(-c2nnc(C(F)F)o2)ccn1CC#Cc1ccc2scnc2c1. The molecule has 4 rings (SSSR count). The maximum Gasteiger partial charge on any atom is 0.314 e. The van der Waals surface area contributed by atoms with Gasteiger partial charge < -0.3 is 8.98 Å². The molecule has 27 heavy (non-hydrogen) atoms. The van der Waals surface area contributed by atoms with Gasteiger partial charge in [0.1, 0.15) is 0 Å². The molecular formula is C18H10F2N4O2S. The number of nitrogens with zero attached hydrogens (tertiary/aromatic N) is 4. The van der Waals surface area contributed by atoms with E-state index in [0.717, 1.165) is 15.8 Å². The molecule has 0 radical (unpaired) electrons. The van der Waals surface area contributed by atoms with E-state index in [1.807, 2.05) is 18.2 Å². The average molecular weight is 384 g/mol. The van der Waals surface area contributed by atoms with Crippen LogP contribution in [0.25, 0.3) is 21.7 Å². The second kappa shape index (κ2) is 7.09. The highest BCUT2D eigenvalue weighted by Crippen LogP contribution is 2.22. The van der Waals surface area contributed by atoms with Crippen molar-refractivity contribution in [2.24, 2.45) is 0 Å². The third-order valence-electron chi connectivity index (χ3n) is 3.68. The minimum atomic E-state index is -2.86. The first-order chi connectivity index (χ1) is 13.1. The lowest BCUT2D eigenvalue weighted by Gasteiger charge is -2.01. The Bertz CT molecular complexity index is 1230. The lowest BCUT2D eigenvalue weighted by Crippen LogP contribution is -2.17. The summed E-state index contributed by atoms with van der Waals surface area (Å²) in [5, 5.41) is 6.77. The predicted octanol–water partition coefficient (Wildman–Crippen LogP) is 3.50. The Kier molecular flexibility index (Phi) is 4.48. The minimum absolute atomic E-state index is 0.128. The van der Waals surface area contributed by atoms with E-state index in [2.05, 4.69) is 27.0 Å². The van der Waals surface area contributed by atoms with Crippen LogP contribution in [0.1, 0.15) is 17.9 Å². The molecule has 0 aliphatic rings. The first kappa shape index (κ1) is 17.1. The summed E-state index contributed by atoms with van der Waals surface area (Å²) in [5.41, 5.74) is 3.39. The summed E-state index contributed by atoms with van der Waals surface area (Å²) in [7, 11) is 0. The minimum Gasteiger partial charge on any atom is -0.415 e. The second-order valence-corrected chi connectivity index (χ2v) is 6.35. The van der Waals surface area contributed by atoms with E-state index in [1.165, 1.54) is 22.9 Å². The van der Waals surface area contributed by atoms with Crippen molar-refractivity contribution in [3.05, 3.63) is 63.8 Å². The maximum absolute atomic E-state index is 12.5. The first-order valence-electron chi connectivity index (χ1n) is 7.75. The molecule has 0 unspecified atom stereocenters. The molecule has 3 aromatic heterocycles. The fraction of sp³-hybridized carbons (Fsp3) is 0.111. The van der Waals surface area contributed by atoms with E-state index in [9.17, 15) is 13.6 Å². The Labute approximate surface area is 155 Å². The van der Waals surface area contributed by atoms with E-state index in [0.29, 0.717) is 0 Å². The van der Waals surface area contributed by atoms with Crippen LogP contribution in [-0.2, 0) is 6.54 Å². The maximum atomic E-state index is 12.5. The number of aromatic nitrogens is 4. The van der Waals surface area contributed by atoms with Crippen LogP contribution in [-0.4, -0.2) is 19.7 Å². The third kappa shape index (κ3) is 3.61. The van der Waals surface area contributed by atoms with E-state index in [-0.39, 0.29) is 23.6 Å². The highest BCUT2D eigenvalue weighted by atomic mass is 32.1. The molecule has 0 atom stereocenters. The summed E-state index contributed by atoms with van der Waals surface area (Å²) in [5.74, 6) is 5.02. The Balaban J connectivity index is 1.52. The first-order valence-corrected chi connectivity index (χ1v) is 8.62. The zero-order valence-corrected chi connectivity index (χ0v) is 14.4. The van der Waals surface area contributed by atoms with E-state index >= 15 is 0 Å². The van der Waals surface area contributed by atoms with E-state index in [1.54, 1.807) is 16.8 Å². The normalized spacial score (nSPS) is 10.9. The number of hydrogen-bond acceptors (Lipinski definition) is 6. The molecule has 0 bridgehead atoms. The van der Waals surface area contributed by atoms with Crippen LogP contribution in [0.4, 0.5) is 8.78 Å². The van der Waals surface area contributed by atoms with Gasteiger partial charge in [-0.1, -0.05) is 11.8 Å². The Morgan fingerprint density at radius 2 is 2.11 bits per heavy atom. The molecule has 0 spiro atoms. The number of halogens is 2. The Morgan fingerprint density at radius 3 is 2.89 bits per heavy atom. The smallest absolute Gasteiger partial charge is 0.314 e. The number of hydrogen-bond donors (Lipinski definition) is 0. The zero-order valence-electron chi connectivity index (χ0n) is 13.6. The fourth-order valence-corrected chi connectivity index (χ4v) is 3.03. The summed E-state index contributed by atoms with van der Waals surface area (Å²) in [6.45, 7) is 0.181. The molecule has 0 saturated heterocycles. The van der Waals surface area contributed by atoms with Crippen molar-refractivity contribution in [2.45, 2.75) is 13.0 Å². The van der Waals surface area contributed by atoms with Crippen molar-refractivity contribution in [1.82, 2.24) is 19.7 Å². The summed E-state index contributed by atoms with van der Waals surface area (Å²) in [6.07, 6.45) is -1.35. The lowest BCUT2D eigenvalue weighted by atomic mass is 10.2. The third-order valence-corrected chi connectivity index (χ3v) is 4.49. The van der Waals surface area contributed by atoms with Crippen LogP contribution in [0.15, 0.2) is 51.3 Å². The summed E-state index contributed by atoms with van der Waals surface area (Å²) < 4.78 is 32.3. The number of fused-ring (bicyclic) bond motifs is 1. The van der Waals surface area contributed by atoms with Crippen LogP contribution in [0, 0.1) is 11.8 Å². The van der Waals surface area contributed by atoms with Crippen molar-refractivity contribution in [3.63, 3.8) is 0 Å². The van der Waals surface area contributed by atoms with Crippen molar-refractivity contribution >= 4 is 21.6 Å². The van der Waals surface area contributed by atoms with Gasteiger partial charge in [-0.05, 0) is 24.3 Å². The molecule has 0 amide bonds. The monoisotopic (exact) mass is 384 g/mol. The van der Waals surface area contributed by atoms with Crippen molar-refractivity contribution in [1.29, 1.82) is 0 Å². The van der Waals surface area contributed by atoms with Crippen LogP contribution < -0.4 is 5.56 Å². The summed E-state index contributed by atoms with van der Waals surface area (Å²) >= 11 is 1.56. The van der Waals surface area contributed by atoms with Gasteiger partial charge in [-0.2, -0.15) is 8.78 Å². The standard InChI is InChI=1S/C18H10F2N4O2S/c19-16(20)18-23-22-17(26-18)12-5-7-24(15(25)9-12)6-1-2-11-3-4-14-13(8-11)21-10-27-14/h3-5,7-10,16H,6H2. The second-order valence-electron chi connectivity index (χ2n) is 5.46. The highest BCUT2D eigenvalue weighted by Gasteiger charge is 2.17. The van der Waals surface area contributed by atoms with Crippen LogP contribution in [0.2, 0.25) is 0 Å². The lowest BCUT2D eigenvalue weighted by molar-refractivity contribution is 0.116. The number of pyridine rings is 1. The highest BCUT2D eigenvalue weighted by molar-refractivity contribution is 7.16. The molecular weight excluding hydrogens is 374 g/mol. The van der Waals surface area contributed by atoms with Gasteiger partial charge in [-0.25, -0.2) is 4.98 Å². The van der Waals surface area contributed by atoms with Crippen molar-refractivity contribution < 1.29 is 13.2 Å². The quantitative estimate of drug-likeness (QED) is 0.506. The molecule has 1 aromatic carbocycles. The fourth-order valence-electron chi connectivity index (χ4n) is 2.37. The van der Waals surface area contributed by atoms with Crippen LogP contribution >= 0.6 is 11.3 Å². The molecule has 9 heteroatoms. The topological polar surface area (TPSA) is 73.8 Å². The van der Waals surface area contributed by atoms with Gasteiger partial charge >= 0.3 is 6.43 Å². The summed E-state index contributed by atoms with van der Waals surface area (Å²) in [4.78, 5) is 16.4. The van der Waals surface area contributed by atoms with Crippen LogP contribution in [0.3, 0.4) is 0 Å². The van der Waals surface area contributed by atoms with Gasteiger partial charge in [0.2, 0.25) is 5.89 Å². The zero-order chi connectivity index (χ0) is 18.8. The molecule has 6 nitrogen and oxygen atoms in total. The van der Waals surface area contributed by atoms with Gasteiger partial charge in [-0.3, -0.25) is 4.79 Å². The Morgan fingerprint density at radius 1 is 1.22 bits per heavy atom. The van der Waals surface area contributed by atoms with Crippen LogP contribution in [0.5, 0.6) is 0 Å². The number of alkyl halides is 2. The largest absolute Gasteiger partial charge is 0.415 e. The summed E-state index contributed by atoms with van der Waals surface area (Å²) in [6, 6.07) is 8.52. The molecule has 0 N–H and O–H groups in total. The molecule has 3 heterocycles. The van der Waals surface area contributed by atoms with E-state index < -0.39 is 12.3 Å². The van der Waals surface area contributed by atoms with Gasteiger partial charge in [0.05, 0.1) is 22.3 Å². The molecule has 134 valence electrons. The van der Waals surface area contributed by atoms with Gasteiger partial charge in [0, 0.05) is 23.4 Å². The van der Waals surface area contributed by atoms with Crippen molar-refractivity contribution in [3.8, 4) is 23.3 Å². The van der Waals surface area contributed by atoms with Gasteiger partial charge in [0.15, 0.2) is 0 Å². The molecule has 4 aromatic rings. The number of benzene rings is 1. The molecule has 0 aliphatic heterocycles. The molecule has 0 aliphatic carbocycles. The molecule has 0 saturated carbocycles. The Hall–Kier alpha value is -3.38. The van der Waals surface area contributed by atoms with Gasteiger partial charge in [-0.15, -0.1) is 21.5 Å². The predicted molar refractivity (Wildman–Crippen MR) is 95.4 cm³/mol. The number of rotatable bonds is 3. The van der Waals surface area contributed by atoms with Crippen molar-refractivity contribution in [2.75, 3.05) is 0 Å². The van der Waals surface area contributed by atoms with E-state index in [4.69, 9.17) is 4.42 Å². The van der Waals surface area contributed by atoms with Gasteiger partial charge in [0.25, 0.3) is 11.4 Å². The number of thiazole rings is 1. The molecule has 0 fully saturated rings. The average Bonchev–Trinajstić information content (AvgIpc) is 3.32.